The SMILES string of the molecule is CCC(N)CS(=O)CCC(=O)NC. The lowest BCUT2D eigenvalue weighted by Gasteiger charge is -2.07. The molecule has 0 rings (SSSR count). The van der Waals surface area contributed by atoms with Crippen LogP contribution in [0.4, 0.5) is 0 Å². The van der Waals surface area contributed by atoms with Crippen molar-refractivity contribution >= 4 is 16.7 Å². The highest BCUT2D eigenvalue weighted by molar-refractivity contribution is 7.85. The quantitative estimate of drug-likeness (QED) is 0.621. The average Bonchev–Trinajstić information content (AvgIpc) is 2.13. The minimum Gasteiger partial charge on any atom is -0.359 e. The van der Waals surface area contributed by atoms with Crippen LogP contribution in [0.25, 0.3) is 0 Å². The van der Waals surface area contributed by atoms with E-state index in [1.165, 1.54) is 0 Å². The predicted octanol–water partition coefficient (Wildman–Crippen LogP) is -0.391. The summed E-state index contributed by atoms with van der Waals surface area (Å²) in [5, 5.41) is 2.48. The number of nitrogens with one attached hydrogen (secondary N) is 1. The van der Waals surface area contributed by atoms with Crippen molar-refractivity contribution in [2.45, 2.75) is 25.8 Å². The van der Waals surface area contributed by atoms with Crippen LogP contribution in [-0.2, 0) is 15.6 Å². The number of carbonyl (C=O) groups excluding carboxylic acids is 1. The number of rotatable bonds is 6. The van der Waals surface area contributed by atoms with Crippen molar-refractivity contribution in [1.82, 2.24) is 5.32 Å². The van der Waals surface area contributed by atoms with Crippen LogP contribution < -0.4 is 11.1 Å². The molecule has 0 spiro atoms. The van der Waals surface area contributed by atoms with Crippen LogP contribution in [0.5, 0.6) is 0 Å². The maximum atomic E-state index is 11.3. The van der Waals surface area contributed by atoms with Gasteiger partial charge in [0, 0.05) is 41.8 Å². The maximum Gasteiger partial charge on any atom is 0.220 e. The second-order valence-electron chi connectivity index (χ2n) is 2.90. The highest BCUT2D eigenvalue weighted by atomic mass is 32.2. The molecule has 0 heterocycles. The fourth-order valence-electron chi connectivity index (χ4n) is 0.771. The van der Waals surface area contributed by atoms with Crippen LogP contribution >= 0.6 is 0 Å². The Kier molecular flexibility index (Phi) is 6.80. The van der Waals surface area contributed by atoms with E-state index in [0.29, 0.717) is 17.9 Å². The van der Waals surface area contributed by atoms with Crippen LogP contribution in [0.15, 0.2) is 0 Å². The van der Waals surface area contributed by atoms with E-state index in [-0.39, 0.29) is 11.9 Å². The van der Waals surface area contributed by atoms with Gasteiger partial charge in [0.05, 0.1) is 0 Å². The maximum absolute atomic E-state index is 11.3. The van der Waals surface area contributed by atoms with E-state index in [9.17, 15) is 9.00 Å². The zero-order valence-corrected chi connectivity index (χ0v) is 9.02. The Morgan fingerprint density at radius 3 is 2.69 bits per heavy atom. The lowest BCUT2D eigenvalue weighted by atomic mass is 10.3. The third-order valence-corrected chi connectivity index (χ3v) is 3.22. The number of carbonyl (C=O) groups is 1. The number of amides is 1. The summed E-state index contributed by atoms with van der Waals surface area (Å²) in [6.07, 6.45) is 1.14. The van der Waals surface area contributed by atoms with Crippen molar-refractivity contribution in [3.05, 3.63) is 0 Å². The molecule has 4 nitrogen and oxygen atoms in total. The lowest BCUT2D eigenvalue weighted by Crippen LogP contribution is -2.28. The highest BCUT2D eigenvalue weighted by Gasteiger charge is 2.07. The van der Waals surface area contributed by atoms with Crippen LogP contribution in [0.1, 0.15) is 19.8 Å². The molecule has 0 bridgehead atoms. The molecule has 0 saturated heterocycles. The van der Waals surface area contributed by atoms with Gasteiger partial charge in [0.25, 0.3) is 0 Å². The predicted molar refractivity (Wildman–Crippen MR) is 54.8 cm³/mol. The zero-order valence-electron chi connectivity index (χ0n) is 8.21. The van der Waals surface area contributed by atoms with Gasteiger partial charge in [0.2, 0.25) is 5.91 Å². The monoisotopic (exact) mass is 206 g/mol. The summed E-state index contributed by atoms with van der Waals surface area (Å²) in [6.45, 7) is 1.96. The molecule has 0 aliphatic heterocycles. The van der Waals surface area contributed by atoms with E-state index < -0.39 is 10.8 Å². The molecule has 78 valence electrons. The van der Waals surface area contributed by atoms with Gasteiger partial charge in [-0.25, -0.2) is 0 Å². The number of nitrogens with two attached hydrogens (primary N) is 1. The zero-order chi connectivity index (χ0) is 10.3. The topological polar surface area (TPSA) is 72.2 Å². The Hall–Kier alpha value is -0.420. The summed E-state index contributed by atoms with van der Waals surface area (Å²) >= 11 is 0. The van der Waals surface area contributed by atoms with Gasteiger partial charge in [0.15, 0.2) is 0 Å². The Morgan fingerprint density at radius 1 is 1.62 bits per heavy atom. The molecule has 0 aliphatic carbocycles. The van der Waals surface area contributed by atoms with Gasteiger partial charge in [-0.15, -0.1) is 0 Å². The smallest absolute Gasteiger partial charge is 0.220 e. The van der Waals surface area contributed by atoms with Gasteiger partial charge in [-0.05, 0) is 6.42 Å². The summed E-state index contributed by atoms with van der Waals surface area (Å²) in [5.74, 6) is 0.833. The Morgan fingerprint density at radius 2 is 2.23 bits per heavy atom. The van der Waals surface area contributed by atoms with Gasteiger partial charge in [-0.1, -0.05) is 6.92 Å². The van der Waals surface area contributed by atoms with Crippen molar-refractivity contribution in [3.63, 3.8) is 0 Å². The fourth-order valence-corrected chi connectivity index (χ4v) is 2.06. The van der Waals surface area contributed by atoms with Crippen LogP contribution in [0, 0.1) is 0 Å². The van der Waals surface area contributed by atoms with Gasteiger partial charge in [-0.2, -0.15) is 0 Å². The molecule has 3 N–H and O–H groups in total. The first-order valence-corrected chi connectivity index (χ1v) is 5.90. The molecule has 2 atom stereocenters. The fraction of sp³-hybridized carbons (Fsp3) is 0.875. The van der Waals surface area contributed by atoms with E-state index in [1.54, 1.807) is 7.05 Å². The molecular formula is C8H18N2O2S. The van der Waals surface area contributed by atoms with Gasteiger partial charge < -0.3 is 11.1 Å². The minimum absolute atomic E-state index is 0.00878. The molecule has 2 unspecified atom stereocenters. The number of hydrogen-bond acceptors (Lipinski definition) is 3. The van der Waals surface area contributed by atoms with Gasteiger partial charge in [0.1, 0.15) is 0 Å². The number of hydrogen-bond donors (Lipinski definition) is 2. The van der Waals surface area contributed by atoms with Crippen LogP contribution in [0.3, 0.4) is 0 Å². The lowest BCUT2D eigenvalue weighted by molar-refractivity contribution is -0.120. The largest absolute Gasteiger partial charge is 0.359 e. The molecule has 0 aromatic carbocycles. The summed E-state index contributed by atoms with van der Waals surface area (Å²) < 4.78 is 11.3. The van der Waals surface area contributed by atoms with Crippen molar-refractivity contribution in [2.75, 3.05) is 18.6 Å². The van der Waals surface area contributed by atoms with Crippen molar-refractivity contribution < 1.29 is 9.00 Å². The third-order valence-electron chi connectivity index (χ3n) is 1.76. The van der Waals surface area contributed by atoms with E-state index in [4.69, 9.17) is 5.73 Å². The minimum atomic E-state index is -0.958. The molecule has 5 heteroatoms. The van der Waals surface area contributed by atoms with Crippen molar-refractivity contribution in [3.8, 4) is 0 Å². The summed E-state index contributed by atoms with van der Waals surface area (Å²) in [5.41, 5.74) is 5.62. The Labute approximate surface area is 81.7 Å². The van der Waals surface area contributed by atoms with Crippen LogP contribution in [0.2, 0.25) is 0 Å². The molecule has 1 amide bonds. The van der Waals surface area contributed by atoms with E-state index in [1.807, 2.05) is 6.92 Å². The molecule has 13 heavy (non-hydrogen) atoms. The van der Waals surface area contributed by atoms with E-state index in [2.05, 4.69) is 5.32 Å². The van der Waals surface area contributed by atoms with E-state index in [0.717, 1.165) is 6.42 Å². The summed E-state index contributed by atoms with van der Waals surface area (Å²) in [4.78, 5) is 10.8. The average molecular weight is 206 g/mol. The molecule has 0 fully saturated rings. The van der Waals surface area contributed by atoms with Crippen molar-refractivity contribution in [1.29, 1.82) is 0 Å². The first-order valence-electron chi connectivity index (χ1n) is 4.41. The Bertz CT molecular complexity index is 185. The molecule has 0 aromatic rings. The first-order chi connectivity index (χ1) is 6.10. The van der Waals surface area contributed by atoms with E-state index >= 15 is 0 Å². The second-order valence-corrected chi connectivity index (χ2v) is 4.52. The summed E-state index contributed by atoms with van der Waals surface area (Å²) in [7, 11) is 0.614. The molecule has 0 aliphatic rings. The first kappa shape index (κ1) is 12.6. The highest BCUT2D eigenvalue weighted by Crippen LogP contribution is 1.94. The van der Waals surface area contributed by atoms with Gasteiger partial charge >= 0.3 is 0 Å². The second kappa shape index (κ2) is 7.03. The van der Waals surface area contributed by atoms with Gasteiger partial charge in [-0.3, -0.25) is 9.00 Å². The molecule has 0 saturated carbocycles. The molecule has 0 aromatic heterocycles. The third kappa shape index (κ3) is 6.72. The standard InChI is InChI=1S/C8H18N2O2S/c1-3-7(9)6-13(12)5-4-8(11)10-2/h7H,3-6,9H2,1-2H3,(H,10,11). The Balaban J connectivity index is 3.57. The van der Waals surface area contributed by atoms with Crippen LogP contribution in [-0.4, -0.2) is 34.7 Å². The molecular weight excluding hydrogens is 188 g/mol. The summed E-state index contributed by atoms with van der Waals surface area (Å²) in [6, 6.07) is -0.00878. The normalized spacial score (nSPS) is 15.0. The van der Waals surface area contributed by atoms with Crippen molar-refractivity contribution in [2.24, 2.45) is 5.73 Å². The molecule has 0 radical (unpaired) electrons.